The minimum absolute atomic E-state index is 0.115. The number of hydrogen-bond acceptors (Lipinski definition) is 3. The molecule has 0 radical (unpaired) electrons. The van der Waals surface area contributed by atoms with E-state index in [1.54, 1.807) is 0 Å². The molecule has 1 N–H and O–H groups in total. The Bertz CT molecular complexity index is 562. The van der Waals surface area contributed by atoms with Gasteiger partial charge < -0.3 is 14.8 Å². The summed E-state index contributed by atoms with van der Waals surface area (Å²) < 4.78 is 11.7. The Hall–Kier alpha value is -1.32. The highest BCUT2D eigenvalue weighted by molar-refractivity contribution is 5.39. The predicted octanol–water partition coefficient (Wildman–Crippen LogP) is 3.76. The first-order valence-corrected chi connectivity index (χ1v) is 8.62. The smallest absolute Gasteiger partial charge is 0.124 e. The van der Waals surface area contributed by atoms with Gasteiger partial charge in [-0.1, -0.05) is 29.8 Å². The maximum Gasteiger partial charge on any atom is 0.124 e. The number of benzene rings is 1. The fourth-order valence-corrected chi connectivity index (χ4v) is 3.88. The molecule has 3 aliphatic rings. The van der Waals surface area contributed by atoms with E-state index in [9.17, 15) is 0 Å². The minimum Gasteiger partial charge on any atom is -0.487 e. The predicted molar refractivity (Wildman–Crippen MR) is 87.1 cm³/mol. The molecule has 0 amide bonds. The maximum atomic E-state index is 6.31. The number of rotatable bonds is 4. The van der Waals surface area contributed by atoms with Crippen LogP contribution in [0.4, 0.5) is 0 Å². The summed E-state index contributed by atoms with van der Waals surface area (Å²) in [4.78, 5) is 0. The van der Waals surface area contributed by atoms with Gasteiger partial charge in [0.15, 0.2) is 0 Å². The second-order valence-corrected chi connectivity index (χ2v) is 6.82. The van der Waals surface area contributed by atoms with Crippen LogP contribution in [0, 0.1) is 0 Å². The first-order chi connectivity index (χ1) is 10.8. The number of para-hydroxylation sites is 1. The van der Waals surface area contributed by atoms with Crippen LogP contribution in [0.1, 0.15) is 50.1 Å². The Morgan fingerprint density at radius 2 is 2.14 bits per heavy atom. The zero-order valence-corrected chi connectivity index (χ0v) is 13.1. The van der Waals surface area contributed by atoms with Gasteiger partial charge in [0.1, 0.15) is 11.4 Å². The van der Waals surface area contributed by atoms with Gasteiger partial charge in [0, 0.05) is 18.0 Å². The minimum atomic E-state index is 0.115. The van der Waals surface area contributed by atoms with Crippen molar-refractivity contribution < 1.29 is 9.47 Å². The van der Waals surface area contributed by atoms with Crippen LogP contribution in [0.3, 0.4) is 0 Å². The molecule has 1 aliphatic carbocycles. The van der Waals surface area contributed by atoms with E-state index >= 15 is 0 Å². The molecule has 1 atom stereocenters. The van der Waals surface area contributed by atoms with Crippen molar-refractivity contribution in [3.8, 4) is 5.75 Å². The maximum absolute atomic E-state index is 6.31. The first kappa shape index (κ1) is 14.3. The summed E-state index contributed by atoms with van der Waals surface area (Å²) in [5, 5.41) is 3.79. The molecule has 3 heteroatoms. The quantitative estimate of drug-likeness (QED) is 0.859. The molecule has 1 aromatic rings. The lowest BCUT2D eigenvalue weighted by Gasteiger charge is -2.48. The number of hydrogen-bond donors (Lipinski definition) is 1. The Kier molecular flexibility index (Phi) is 3.93. The average Bonchev–Trinajstić information content (AvgIpc) is 2.54. The highest BCUT2D eigenvalue weighted by atomic mass is 16.5. The summed E-state index contributed by atoms with van der Waals surface area (Å²) in [7, 11) is 0. The molecule has 2 aliphatic heterocycles. The zero-order valence-electron chi connectivity index (χ0n) is 13.1. The largest absolute Gasteiger partial charge is 0.487 e. The third kappa shape index (κ3) is 2.80. The molecular weight excluding hydrogens is 274 g/mol. The van der Waals surface area contributed by atoms with E-state index in [0.29, 0.717) is 6.04 Å². The van der Waals surface area contributed by atoms with Crippen LogP contribution in [-0.2, 0) is 4.74 Å². The van der Waals surface area contributed by atoms with E-state index in [2.05, 4.69) is 35.7 Å². The van der Waals surface area contributed by atoms with Crippen molar-refractivity contribution in [2.24, 2.45) is 0 Å². The Morgan fingerprint density at radius 1 is 1.23 bits per heavy atom. The van der Waals surface area contributed by atoms with Gasteiger partial charge in [-0.2, -0.15) is 0 Å². The van der Waals surface area contributed by atoms with Gasteiger partial charge in [0.25, 0.3) is 0 Å². The van der Waals surface area contributed by atoms with E-state index in [1.807, 2.05) is 0 Å². The highest BCUT2D eigenvalue weighted by Gasteiger charge is 2.45. The summed E-state index contributed by atoms with van der Waals surface area (Å²) in [5.41, 5.74) is 2.99. The van der Waals surface area contributed by atoms with Gasteiger partial charge in [-0.05, 0) is 44.7 Å². The lowest BCUT2D eigenvalue weighted by atomic mass is 9.73. The van der Waals surface area contributed by atoms with Crippen molar-refractivity contribution in [2.45, 2.75) is 50.2 Å². The van der Waals surface area contributed by atoms with Gasteiger partial charge in [0.2, 0.25) is 0 Å². The van der Waals surface area contributed by atoms with Crippen molar-refractivity contribution in [3.05, 3.63) is 41.5 Å². The van der Waals surface area contributed by atoms with E-state index in [0.717, 1.165) is 44.8 Å². The summed E-state index contributed by atoms with van der Waals surface area (Å²) in [6, 6.07) is 8.98. The van der Waals surface area contributed by atoms with E-state index in [-0.39, 0.29) is 5.60 Å². The van der Waals surface area contributed by atoms with Gasteiger partial charge >= 0.3 is 0 Å². The van der Waals surface area contributed by atoms with Gasteiger partial charge in [0.05, 0.1) is 13.2 Å². The second kappa shape index (κ2) is 6.05. The third-order valence-corrected chi connectivity index (χ3v) is 5.36. The summed E-state index contributed by atoms with van der Waals surface area (Å²) in [5.74, 6) is 1.09. The standard InChI is InChI=1S/C19H25NO2/c1-2-5-18-16(4-1)17(14-19(22-18)9-3-10-19)20-11-6-15-7-12-21-13-8-15/h1-2,4-5,7,17,20H,3,6,8-14H2. The molecule has 1 saturated carbocycles. The van der Waals surface area contributed by atoms with Gasteiger partial charge in [-0.3, -0.25) is 0 Å². The molecule has 0 saturated heterocycles. The van der Waals surface area contributed by atoms with Crippen LogP contribution in [-0.4, -0.2) is 25.4 Å². The first-order valence-electron chi connectivity index (χ1n) is 8.62. The fourth-order valence-electron chi connectivity index (χ4n) is 3.88. The molecule has 118 valence electrons. The van der Waals surface area contributed by atoms with Crippen LogP contribution >= 0.6 is 0 Å². The van der Waals surface area contributed by atoms with Crippen LogP contribution in [0.5, 0.6) is 5.75 Å². The Balaban J connectivity index is 1.42. The van der Waals surface area contributed by atoms with Crippen LogP contribution in [0.2, 0.25) is 0 Å². The summed E-state index contributed by atoms with van der Waals surface area (Å²) >= 11 is 0. The molecule has 0 bridgehead atoms. The third-order valence-electron chi connectivity index (χ3n) is 5.36. The average molecular weight is 299 g/mol. The van der Waals surface area contributed by atoms with Crippen molar-refractivity contribution in [2.75, 3.05) is 19.8 Å². The molecule has 1 spiro atoms. The SMILES string of the molecule is C1=C(CCNC2CC3(CCC3)Oc3ccccc32)CCOC1. The monoisotopic (exact) mass is 299 g/mol. The molecule has 22 heavy (non-hydrogen) atoms. The van der Waals surface area contributed by atoms with Crippen molar-refractivity contribution in [3.63, 3.8) is 0 Å². The van der Waals surface area contributed by atoms with Crippen molar-refractivity contribution in [1.29, 1.82) is 0 Å². The molecule has 0 aromatic heterocycles. The topological polar surface area (TPSA) is 30.5 Å². The normalized spacial score (nSPS) is 25.8. The van der Waals surface area contributed by atoms with Gasteiger partial charge in [-0.25, -0.2) is 0 Å². The van der Waals surface area contributed by atoms with Crippen molar-refractivity contribution >= 4 is 0 Å². The lowest BCUT2D eigenvalue weighted by molar-refractivity contribution is -0.0368. The molecule has 2 heterocycles. The Labute approximate surface area is 132 Å². The zero-order chi connectivity index (χ0) is 14.8. The lowest BCUT2D eigenvalue weighted by Crippen LogP contribution is -2.49. The fraction of sp³-hybridized carbons (Fsp3) is 0.579. The van der Waals surface area contributed by atoms with Crippen molar-refractivity contribution in [1.82, 2.24) is 5.32 Å². The summed E-state index contributed by atoms with van der Waals surface area (Å²) in [6.07, 6.45) is 9.32. The second-order valence-electron chi connectivity index (χ2n) is 6.82. The molecule has 1 aromatic carbocycles. The van der Waals surface area contributed by atoms with Crippen LogP contribution in [0.25, 0.3) is 0 Å². The number of nitrogens with one attached hydrogen (secondary N) is 1. The Morgan fingerprint density at radius 3 is 2.91 bits per heavy atom. The molecule has 1 fully saturated rings. The van der Waals surface area contributed by atoms with E-state index in [4.69, 9.17) is 9.47 Å². The summed E-state index contributed by atoms with van der Waals surface area (Å²) in [6.45, 7) is 2.72. The van der Waals surface area contributed by atoms with Crippen LogP contribution in [0.15, 0.2) is 35.9 Å². The van der Waals surface area contributed by atoms with E-state index < -0.39 is 0 Å². The molecule has 3 nitrogen and oxygen atoms in total. The highest BCUT2D eigenvalue weighted by Crippen LogP contribution is 2.48. The molecule has 4 rings (SSSR count). The van der Waals surface area contributed by atoms with E-state index in [1.165, 1.54) is 30.4 Å². The van der Waals surface area contributed by atoms with Gasteiger partial charge in [-0.15, -0.1) is 0 Å². The molecule has 1 unspecified atom stereocenters. The molecular formula is C19H25NO2. The number of fused-ring (bicyclic) bond motifs is 1. The van der Waals surface area contributed by atoms with Crippen LogP contribution < -0.4 is 10.1 Å². The number of ether oxygens (including phenoxy) is 2.